The van der Waals surface area contributed by atoms with E-state index >= 15 is 0 Å². The second-order valence-electron chi connectivity index (χ2n) is 4.30. The van der Waals surface area contributed by atoms with Gasteiger partial charge in [0.15, 0.2) is 0 Å². The van der Waals surface area contributed by atoms with E-state index in [0.717, 1.165) is 23.8 Å². The van der Waals surface area contributed by atoms with E-state index in [4.69, 9.17) is 4.74 Å². The van der Waals surface area contributed by atoms with Crippen LogP contribution in [0.5, 0.6) is 5.75 Å². The molecule has 2 rings (SSSR count). The minimum absolute atomic E-state index is 0.0733. The van der Waals surface area contributed by atoms with Gasteiger partial charge in [0.1, 0.15) is 5.75 Å². The zero-order valence-electron chi connectivity index (χ0n) is 9.98. The number of hydrogen-bond donors (Lipinski definition) is 1. The van der Waals surface area contributed by atoms with Crippen molar-refractivity contribution in [3.8, 4) is 5.75 Å². The first kappa shape index (κ1) is 11.7. The molecule has 1 aromatic carbocycles. The van der Waals surface area contributed by atoms with Gasteiger partial charge in [-0.25, -0.2) is 0 Å². The van der Waals surface area contributed by atoms with Gasteiger partial charge in [0.05, 0.1) is 7.11 Å². The quantitative estimate of drug-likeness (QED) is 0.791. The Morgan fingerprint density at radius 2 is 2.12 bits per heavy atom. The van der Waals surface area contributed by atoms with E-state index in [9.17, 15) is 4.79 Å². The number of rotatable bonds is 5. The third kappa shape index (κ3) is 3.94. The lowest BCUT2D eigenvalue weighted by molar-refractivity contribution is -0.111. The molecule has 0 radical (unpaired) electrons. The Morgan fingerprint density at radius 3 is 2.71 bits per heavy atom. The van der Waals surface area contributed by atoms with Crippen LogP contribution in [0.25, 0.3) is 0 Å². The lowest BCUT2D eigenvalue weighted by Gasteiger charge is -2.03. The molecule has 1 N–H and O–H groups in total. The van der Waals surface area contributed by atoms with E-state index in [0.29, 0.717) is 0 Å². The largest absolute Gasteiger partial charge is 0.497 e. The summed E-state index contributed by atoms with van der Waals surface area (Å²) in [7, 11) is 1.62. The highest BCUT2D eigenvalue weighted by Gasteiger charge is 2.18. The van der Waals surface area contributed by atoms with Crippen molar-refractivity contribution in [3.05, 3.63) is 36.4 Å². The SMILES string of the molecule is COc1ccc(NC(=O)C=CCC2CC2)cc1. The molecule has 0 bridgehead atoms. The molecule has 0 aliphatic heterocycles. The molecule has 0 aromatic heterocycles. The highest BCUT2D eigenvalue weighted by molar-refractivity contribution is 5.99. The van der Waals surface area contributed by atoms with Gasteiger partial charge in [0, 0.05) is 5.69 Å². The van der Waals surface area contributed by atoms with Gasteiger partial charge in [-0.05, 0) is 55.5 Å². The van der Waals surface area contributed by atoms with Crippen LogP contribution in [-0.2, 0) is 4.79 Å². The number of nitrogens with one attached hydrogen (secondary N) is 1. The number of hydrogen-bond acceptors (Lipinski definition) is 2. The molecular weight excluding hydrogens is 214 g/mol. The zero-order valence-corrected chi connectivity index (χ0v) is 9.98. The normalized spacial score (nSPS) is 14.9. The smallest absolute Gasteiger partial charge is 0.248 e. The summed E-state index contributed by atoms with van der Waals surface area (Å²) >= 11 is 0. The number of carbonyl (C=O) groups excluding carboxylic acids is 1. The summed E-state index contributed by atoms with van der Waals surface area (Å²) in [4.78, 5) is 11.5. The topological polar surface area (TPSA) is 38.3 Å². The van der Waals surface area contributed by atoms with E-state index in [-0.39, 0.29) is 5.91 Å². The Hall–Kier alpha value is -1.77. The van der Waals surface area contributed by atoms with Crippen LogP contribution in [0.3, 0.4) is 0 Å². The van der Waals surface area contributed by atoms with E-state index in [1.54, 1.807) is 13.2 Å². The molecule has 1 aromatic rings. The van der Waals surface area contributed by atoms with Gasteiger partial charge in [-0.2, -0.15) is 0 Å². The number of ether oxygens (including phenoxy) is 1. The second-order valence-corrected chi connectivity index (χ2v) is 4.30. The lowest BCUT2D eigenvalue weighted by atomic mass is 10.2. The summed E-state index contributed by atoms with van der Waals surface area (Å²) in [5.74, 6) is 1.53. The summed E-state index contributed by atoms with van der Waals surface area (Å²) in [6.45, 7) is 0. The molecule has 90 valence electrons. The fraction of sp³-hybridized carbons (Fsp3) is 0.357. The van der Waals surface area contributed by atoms with Crippen molar-refractivity contribution >= 4 is 11.6 Å². The third-order valence-corrected chi connectivity index (χ3v) is 2.79. The zero-order chi connectivity index (χ0) is 12.1. The third-order valence-electron chi connectivity index (χ3n) is 2.79. The fourth-order valence-corrected chi connectivity index (χ4v) is 1.58. The Morgan fingerprint density at radius 1 is 1.41 bits per heavy atom. The molecule has 3 nitrogen and oxygen atoms in total. The Bertz CT molecular complexity index is 405. The number of amides is 1. The minimum Gasteiger partial charge on any atom is -0.497 e. The predicted octanol–water partition coefficient (Wildman–Crippen LogP) is 2.99. The summed E-state index contributed by atoms with van der Waals surface area (Å²) in [6.07, 6.45) is 7.21. The molecule has 1 aliphatic rings. The summed E-state index contributed by atoms with van der Waals surface area (Å²) in [6, 6.07) is 7.30. The first-order valence-electron chi connectivity index (χ1n) is 5.89. The van der Waals surface area contributed by atoms with E-state index in [1.165, 1.54) is 12.8 Å². The fourth-order valence-electron chi connectivity index (χ4n) is 1.58. The molecule has 0 atom stereocenters. The van der Waals surface area contributed by atoms with Crippen molar-refractivity contribution in [1.82, 2.24) is 0 Å². The molecule has 1 saturated carbocycles. The lowest BCUT2D eigenvalue weighted by Crippen LogP contribution is -2.07. The summed E-state index contributed by atoms with van der Waals surface area (Å²) in [5, 5.41) is 2.81. The average Bonchev–Trinajstić information content (AvgIpc) is 3.14. The van der Waals surface area contributed by atoms with Crippen LogP contribution >= 0.6 is 0 Å². The minimum atomic E-state index is -0.0733. The highest BCUT2D eigenvalue weighted by atomic mass is 16.5. The molecule has 3 heteroatoms. The molecule has 17 heavy (non-hydrogen) atoms. The van der Waals surface area contributed by atoms with Crippen LogP contribution in [0.4, 0.5) is 5.69 Å². The summed E-state index contributed by atoms with van der Waals surface area (Å²) < 4.78 is 5.05. The molecule has 0 spiro atoms. The number of anilines is 1. The maximum absolute atomic E-state index is 11.5. The molecule has 1 fully saturated rings. The number of methoxy groups -OCH3 is 1. The number of allylic oxidation sites excluding steroid dienone is 1. The van der Waals surface area contributed by atoms with Crippen molar-refractivity contribution in [1.29, 1.82) is 0 Å². The Kier molecular flexibility index (Phi) is 3.81. The molecule has 1 aliphatic carbocycles. The molecule has 1 amide bonds. The van der Waals surface area contributed by atoms with Crippen LogP contribution in [0, 0.1) is 5.92 Å². The van der Waals surface area contributed by atoms with Crippen LogP contribution in [0.1, 0.15) is 19.3 Å². The first-order chi connectivity index (χ1) is 8.28. The number of benzene rings is 1. The maximum atomic E-state index is 11.5. The Labute approximate surface area is 101 Å². The van der Waals surface area contributed by atoms with Crippen molar-refractivity contribution in [2.75, 3.05) is 12.4 Å². The second kappa shape index (κ2) is 5.53. The highest BCUT2D eigenvalue weighted by Crippen LogP contribution is 2.32. The number of carbonyl (C=O) groups is 1. The molecule has 0 unspecified atom stereocenters. The average molecular weight is 231 g/mol. The summed E-state index contributed by atoms with van der Waals surface area (Å²) in [5.41, 5.74) is 0.784. The standard InChI is InChI=1S/C14H17NO2/c1-17-13-9-7-12(8-10-13)15-14(16)4-2-3-11-5-6-11/h2,4,7-11H,3,5-6H2,1H3,(H,15,16). The van der Waals surface area contributed by atoms with Crippen LogP contribution in [0.15, 0.2) is 36.4 Å². The maximum Gasteiger partial charge on any atom is 0.248 e. The van der Waals surface area contributed by atoms with E-state index < -0.39 is 0 Å². The van der Waals surface area contributed by atoms with Gasteiger partial charge >= 0.3 is 0 Å². The van der Waals surface area contributed by atoms with E-state index in [1.807, 2.05) is 30.3 Å². The Balaban J connectivity index is 1.81. The van der Waals surface area contributed by atoms with Gasteiger partial charge in [0.2, 0.25) is 5.91 Å². The van der Waals surface area contributed by atoms with Gasteiger partial charge in [0.25, 0.3) is 0 Å². The van der Waals surface area contributed by atoms with Crippen molar-refractivity contribution in [2.24, 2.45) is 5.92 Å². The molecule has 0 heterocycles. The van der Waals surface area contributed by atoms with Crippen molar-refractivity contribution < 1.29 is 9.53 Å². The van der Waals surface area contributed by atoms with Crippen molar-refractivity contribution in [3.63, 3.8) is 0 Å². The van der Waals surface area contributed by atoms with E-state index in [2.05, 4.69) is 5.32 Å². The monoisotopic (exact) mass is 231 g/mol. The van der Waals surface area contributed by atoms with Gasteiger partial charge in [-0.1, -0.05) is 6.08 Å². The first-order valence-corrected chi connectivity index (χ1v) is 5.89. The van der Waals surface area contributed by atoms with Crippen molar-refractivity contribution in [2.45, 2.75) is 19.3 Å². The molecule has 0 saturated heterocycles. The van der Waals surface area contributed by atoms with Crippen LogP contribution < -0.4 is 10.1 Å². The van der Waals surface area contributed by atoms with Gasteiger partial charge < -0.3 is 10.1 Å². The van der Waals surface area contributed by atoms with Gasteiger partial charge in [-0.15, -0.1) is 0 Å². The predicted molar refractivity (Wildman–Crippen MR) is 68.1 cm³/mol. The molecular formula is C14H17NO2. The van der Waals surface area contributed by atoms with Crippen LogP contribution in [0.2, 0.25) is 0 Å². The van der Waals surface area contributed by atoms with Gasteiger partial charge in [-0.3, -0.25) is 4.79 Å². The van der Waals surface area contributed by atoms with Crippen LogP contribution in [-0.4, -0.2) is 13.0 Å².